The molecule has 162 valence electrons. The Morgan fingerprint density at radius 3 is 2.58 bits per heavy atom. The van der Waals surface area contributed by atoms with Crippen molar-refractivity contribution in [1.29, 1.82) is 0 Å². The number of amides is 3. The van der Waals surface area contributed by atoms with E-state index < -0.39 is 11.8 Å². The van der Waals surface area contributed by atoms with Crippen molar-refractivity contribution < 1.29 is 19.1 Å². The van der Waals surface area contributed by atoms with Crippen molar-refractivity contribution in [2.45, 2.75) is 32.7 Å². The van der Waals surface area contributed by atoms with Crippen LogP contribution in [0, 0.1) is 13.8 Å². The number of hydrazone groups is 1. The molecule has 0 aliphatic heterocycles. The Morgan fingerprint density at radius 1 is 1.10 bits per heavy atom. The van der Waals surface area contributed by atoms with Gasteiger partial charge >= 0.3 is 11.8 Å². The number of nitrogens with zero attached hydrogens (tertiary/aromatic N) is 1. The van der Waals surface area contributed by atoms with Crippen LogP contribution in [0.15, 0.2) is 46.0 Å². The molecule has 0 unspecified atom stereocenters. The maximum atomic E-state index is 12.3. The average molecular weight is 487 g/mol. The van der Waals surface area contributed by atoms with Gasteiger partial charge in [-0.15, -0.1) is 0 Å². The van der Waals surface area contributed by atoms with Crippen molar-refractivity contribution in [2.75, 3.05) is 11.9 Å². The van der Waals surface area contributed by atoms with Crippen LogP contribution >= 0.6 is 15.9 Å². The van der Waals surface area contributed by atoms with Gasteiger partial charge in [0, 0.05) is 21.8 Å². The number of carbonyl (C=O) groups excluding carboxylic acids is 3. The molecule has 0 aromatic heterocycles. The molecular weight excluding hydrogens is 464 g/mol. The lowest BCUT2D eigenvalue weighted by Crippen LogP contribution is -2.38. The smallest absolute Gasteiger partial charge is 0.329 e. The summed E-state index contributed by atoms with van der Waals surface area (Å²) in [5.74, 6) is -1.46. The predicted molar refractivity (Wildman–Crippen MR) is 121 cm³/mol. The topological polar surface area (TPSA) is 109 Å². The lowest BCUT2D eigenvalue weighted by atomic mass is 10.1. The normalized spacial score (nSPS) is 13.0. The van der Waals surface area contributed by atoms with Crippen molar-refractivity contribution in [3.63, 3.8) is 0 Å². The van der Waals surface area contributed by atoms with E-state index in [4.69, 9.17) is 4.74 Å². The number of ether oxygens (including phenoxy) is 1. The minimum absolute atomic E-state index is 0.0854. The summed E-state index contributed by atoms with van der Waals surface area (Å²) in [6, 6.07) is 10.9. The van der Waals surface area contributed by atoms with Crippen LogP contribution in [0.2, 0.25) is 0 Å². The van der Waals surface area contributed by atoms with Crippen molar-refractivity contribution in [3.8, 4) is 5.75 Å². The summed E-state index contributed by atoms with van der Waals surface area (Å²) in [7, 11) is 0. The molecule has 0 atom stereocenters. The molecular formula is C22H23BrN4O4. The highest BCUT2D eigenvalue weighted by Crippen LogP contribution is 2.22. The second-order valence-corrected chi connectivity index (χ2v) is 8.18. The molecule has 8 nitrogen and oxygen atoms in total. The average Bonchev–Trinajstić information content (AvgIpc) is 3.54. The summed E-state index contributed by atoms with van der Waals surface area (Å²) in [6.45, 7) is 3.78. The van der Waals surface area contributed by atoms with Crippen molar-refractivity contribution in [1.82, 2.24) is 10.7 Å². The SMILES string of the molecule is Cc1ccc(NC(=O)COc2ccc(Br)cc2/C=N\NC(=O)C(=O)NC2CC2)cc1C. The number of nitrogens with one attached hydrogen (secondary N) is 3. The van der Waals surface area contributed by atoms with Gasteiger partial charge < -0.3 is 15.4 Å². The first-order chi connectivity index (χ1) is 14.8. The highest BCUT2D eigenvalue weighted by atomic mass is 79.9. The Balaban J connectivity index is 1.57. The quantitative estimate of drug-likeness (QED) is 0.317. The lowest BCUT2D eigenvalue weighted by Gasteiger charge is -2.11. The number of anilines is 1. The van der Waals surface area contributed by atoms with E-state index in [0.717, 1.165) is 28.4 Å². The largest absolute Gasteiger partial charge is 0.483 e. The molecule has 0 saturated heterocycles. The molecule has 9 heteroatoms. The van der Waals surface area contributed by atoms with Crippen molar-refractivity contribution in [2.24, 2.45) is 5.10 Å². The maximum absolute atomic E-state index is 12.3. The van der Waals surface area contributed by atoms with Gasteiger partial charge in [-0.1, -0.05) is 22.0 Å². The Hall–Kier alpha value is -3.20. The second-order valence-electron chi connectivity index (χ2n) is 7.26. The number of benzene rings is 2. The van der Waals surface area contributed by atoms with E-state index in [1.807, 2.05) is 32.0 Å². The zero-order valence-corrected chi connectivity index (χ0v) is 18.8. The fraction of sp³-hybridized carbons (Fsp3) is 0.273. The number of carbonyl (C=O) groups is 3. The summed E-state index contributed by atoms with van der Waals surface area (Å²) in [4.78, 5) is 35.7. The Bertz CT molecular complexity index is 1030. The predicted octanol–water partition coefficient (Wildman–Crippen LogP) is 2.81. The molecule has 2 aromatic rings. The lowest BCUT2D eigenvalue weighted by molar-refractivity contribution is -0.139. The zero-order valence-electron chi connectivity index (χ0n) is 17.2. The molecule has 1 aliphatic carbocycles. The fourth-order valence-electron chi connectivity index (χ4n) is 2.60. The molecule has 0 bridgehead atoms. The zero-order chi connectivity index (χ0) is 22.4. The summed E-state index contributed by atoms with van der Waals surface area (Å²) >= 11 is 3.36. The molecule has 1 aliphatic rings. The first-order valence-electron chi connectivity index (χ1n) is 9.75. The van der Waals surface area contributed by atoms with E-state index in [0.29, 0.717) is 17.0 Å². The van der Waals surface area contributed by atoms with Gasteiger partial charge in [0.15, 0.2) is 6.61 Å². The fourth-order valence-corrected chi connectivity index (χ4v) is 2.98. The Labute approximate surface area is 188 Å². The van der Waals surface area contributed by atoms with Gasteiger partial charge in [0.2, 0.25) is 0 Å². The standard InChI is InChI=1S/C22H23BrN4O4/c1-13-3-5-18(9-14(13)2)25-20(28)12-31-19-8-4-16(23)10-15(19)11-24-27-22(30)21(29)26-17-6-7-17/h3-5,8-11,17H,6-7,12H2,1-2H3,(H,25,28)(H,26,29)(H,27,30)/b24-11-. The molecule has 31 heavy (non-hydrogen) atoms. The monoisotopic (exact) mass is 486 g/mol. The van der Waals surface area contributed by atoms with E-state index in [-0.39, 0.29) is 18.6 Å². The van der Waals surface area contributed by atoms with Gasteiger partial charge in [-0.05, 0) is 68.1 Å². The Morgan fingerprint density at radius 2 is 1.87 bits per heavy atom. The van der Waals surface area contributed by atoms with Crippen LogP contribution in [0.5, 0.6) is 5.75 Å². The molecule has 2 aromatic carbocycles. The van der Waals surface area contributed by atoms with Crippen molar-refractivity contribution >= 4 is 45.6 Å². The van der Waals surface area contributed by atoms with Gasteiger partial charge in [0.1, 0.15) is 5.75 Å². The maximum Gasteiger partial charge on any atom is 0.329 e. The minimum atomic E-state index is -0.839. The molecule has 0 radical (unpaired) electrons. The number of rotatable bonds is 7. The van der Waals surface area contributed by atoms with Crippen LogP contribution in [0.3, 0.4) is 0 Å². The third-order valence-electron chi connectivity index (χ3n) is 4.61. The Kier molecular flexibility index (Phi) is 7.41. The van der Waals surface area contributed by atoms with Crippen molar-refractivity contribution in [3.05, 3.63) is 57.6 Å². The minimum Gasteiger partial charge on any atom is -0.483 e. The molecule has 1 saturated carbocycles. The van der Waals surface area contributed by atoms with E-state index >= 15 is 0 Å². The molecule has 3 amide bonds. The molecule has 3 N–H and O–H groups in total. The second kappa shape index (κ2) is 10.2. The van der Waals surface area contributed by atoms with Crippen LogP contribution in [-0.4, -0.2) is 36.6 Å². The molecule has 1 fully saturated rings. The van der Waals surface area contributed by atoms with Crippen LogP contribution in [-0.2, 0) is 14.4 Å². The summed E-state index contributed by atoms with van der Waals surface area (Å²) in [6.07, 6.45) is 3.12. The molecule has 0 heterocycles. The van der Waals surface area contributed by atoms with E-state index in [1.165, 1.54) is 6.21 Å². The third-order valence-corrected chi connectivity index (χ3v) is 5.10. The summed E-state index contributed by atoms with van der Waals surface area (Å²) in [5.41, 5.74) is 5.63. The summed E-state index contributed by atoms with van der Waals surface area (Å²) in [5, 5.41) is 9.19. The van der Waals surface area contributed by atoms with Gasteiger partial charge in [-0.3, -0.25) is 14.4 Å². The number of aryl methyl sites for hydroxylation is 2. The van der Waals surface area contributed by atoms with Gasteiger partial charge in [0.05, 0.1) is 6.21 Å². The van der Waals surface area contributed by atoms with Crippen LogP contribution in [0.25, 0.3) is 0 Å². The molecule has 0 spiro atoms. The van der Waals surface area contributed by atoms with Gasteiger partial charge in [-0.25, -0.2) is 5.43 Å². The highest BCUT2D eigenvalue weighted by molar-refractivity contribution is 9.10. The first-order valence-corrected chi connectivity index (χ1v) is 10.5. The van der Waals surface area contributed by atoms with Crippen LogP contribution in [0.1, 0.15) is 29.5 Å². The van der Waals surface area contributed by atoms with Crippen LogP contribution in [0.4, 0.5) is 5.69 Å². The van der Waals surface area contributed by atoms with E-state index in [2.05, 4.69) is 37.1 Å². The highest BCUT2D eigenvalue weighted by Gasteiger charge is 2.26. The third kappa shape index (κ3) is 6.92. The van der Waals surface area contributed by atoms with Gasteiger partial charge in [-0.2, -0.15) is 5.10 Å². The van der Waals surface area contributed by atoms with E-state index in [1.54, 1.807) is 18.2 Å². The first kappa shape index (κ1) is 22.5. The number of hydrogen-bond donors (Lipinski definition) is 3. The molecule has 3 rings (SSSR count). The van der Waals surface area contributed by atoms with Crippen LogP contribution < -0.4 is 20.8 Å². The number of halogens is 1. The number of hydrogen-bond acceptors (Lipinski definition) is 5. The summed E-state index contributed by atoms with van der Waals surface area (Å²) < 4.78 is 6.39. The van der Waals surface area contributed by atoms with E-state index in [9.17, 15) is 14.4 Å². The van der Waals surface area contributed by atoms with Gasteiger partial charge in [0.25, 0.3) is 5.91 Å².